The summed E-state index contributed by atoms with van der Waals surface area (Å²) in [5.74, 6) is -0.443. The van der Waals surface area contributed by atoms with Gasteiger partial charge in [0.2, 0.25) is 11.0 Å². The molecule has 0 unspecified atom stereocenters. The van der Waals surface area contributed by atoms with Crippen molar-refractivity contribution in [1.29, 1.82) is 0 Å². The Labute approximate surface area is 197 Å². The van der Waals surface area contributed by atoms with Crippen LogP contribution >= 0.6 is 38.9 Å². The topological polar surface area (TPSA) is 96.0 Å². The first-order chi connectivity index (χ1) is 14.9. The molecule has 3 N–H and O–H groups in total. The second kappa shape index (κ2) is 10.7. The van der Waals surface area contributed by atoms with E-state index in [0.29, 0.717) is 27.3 Å². The molecule has 31 heavy (non-hydrogen) atoms. The van der Waals surface area contributed by atoms with E-state index in [2.05, 4.69) is 42.1 Å². The maximum Gasteiger partial charge on any atom is 0.319 e. The first-order valence-electron chi connectivity index (χ1n) is 9.59. The van der Waals surface area contributed by atoms with Gasteiger partial charge in [0, 0.05) is 20.7 Å². The molecular weight excluding hydrogens is 502 g/mol. The predicted octanol–water partition coefficient (Wildman–Crippen LogP) is 5.80. The summed E-state index contributed by atoms with van der Waals surface area (Å²) in [6.07, 6.45) is 0.707. The van der Waals surface area contributed by atoms with E-state index in [1.54, 1.807) is 24.3 Å². The van der Waals surface area contributed by atoms with Crippen molar-refractivity contribution in [3.8, 4) is 10.6 Å². The van der Waals surface area contributed by atoms with Crippen LogP contribution in [0.4, 0.5) is 15.6 Å². The maximum atomic E-state index is 12.9. The highest BCUT2D eigenvalue weighted by atomic mass is 79.9. The number of amides is 3. The molecule has 1 aromatic heterocycles. The number of anilines is 2. The van der Waals surface area contributed by atoms with E-state index in [1.165, 1.54) is 11.3 Å². The van der Waals surface area contributed by atoms with Crippen molar-refractivity contribution in [1.82, 2.24) is 15.5 Å². The standard InChI is InChI=1S/C21H21BrClN5O2S/c1-3-12(2)17(25-20(30)24-16-9-5-7-14(22)11-16)18(29)26-21-28-27-19(31-21)13-6-4-8-15(23)10-13/h4-12,17H,3H2,1-2H3,(H2,24,25,30)(H,26,28,29)/t12-,17+/m1/s1. The number of halogens is 2. The number of hydrogen-bond acceptors (Lipinski definition) is 5. The fraction of sp³-hybridized carbons (Fsp3) is 0.238. The molecule has 2 atom stereocenters. The van der Waals surface area contributed by atoms with Gasteiger partial charge in [-0.1, -0.05) is 77.3 Å². The molecule has 2 aromatic carbocycles. The van der Waals surface area contributed by atoms with Crippen LogP contribution in [0, 0.1) is 5.92 Å². The molecule has 10 heteroatoms. The molecule has 162 valence electrons. The second-order valence-corrected chi connectivity index (χ2v) is 9.21. The van der Waals surface area contributed by atoms with Crippen LogP contribution < -0.4 is 16.0 Å². The highest BCUT2D eigenvalue weighted by Crippen LogP contribution is 2.28. The van der Waals surface area contributed by atoms with E-state index in [1.807, 2.05) is 38.1 Å². The molecule has 0 aliphatic carbocycles. The van der Waals surface area contributed by atoms with Gasteiger partial charge < -0.3 is 10.6 Å². The van der Waals surface area contributed by atoms with Crippen LogP contribution in [-0.4, -0.2) is 28.2 Å². The van der Waals surface area contributed by atoms with Gasteiger partial charge in [-0.15, -0.1) is 10.2 Å². The van der Waals surface area contributed by atoms with Crippen LogP contribution in [0.5, 0.6) is 0 Å². The Kier molecular flexibility index (Phi) is 8.00. The van der Waals surface area contributed by atoms with Crippen molar-refractivity contribution in [2.75, 3.05) is 10.6 Å². The number of rotatable bonds is 7. The van der Waals surface area contributed by atoms with Crippen molar-refractivity contribution >= 4 is 61.6 Å². The Morgan fingerprint density at radius 2 is 1.90 bits per heavy atom. The summed E-state index contributed by atoms with van der Waals surface area (Å²) in [7, 11) is 0. The van der Waals surface area contributed by atoms with Gasteiger partial charge in [0.1, 0.15) is 11.0 Å². The van der Waals surface area contributed by atoms with Crippen LogP contribution in [0.1, 0.15) is 20.3 Å². The van der Waals surface area contributed by atoms with Crippen molar-refractivity contribution in [2.45, 2.75) is 26.3 Å². The molecule has 0 aliphatic rings. The third kappa shape index (κ3) is 6.49. The fourth-order valence-corrected chi connectivity index (χ4v) is 4.10. The molecule has 0 radical (unpaired) electrons. The van der Waals surface area contributed by atoms with Gasteiger partial charge in [-0.05, 0) is 36.2 Å². The molecule has 3 aromatic rings. The zero-order valence-corrected chi connectivity index (χ0v) is 20.0. The summed E-state index contributed by atoms with van der Waals surface area (Å²) in [6.45, 7) is 3.86. The SMILES string of the molecule is CC[C@@H](C)[C@H](NC(=O)Nc1cccc(Br)c1)C(=O)Nc1nnc(-c2cccc(Cl)c2)s1. The highest BCUT2D eigenvalue weighted by molar-refractivity contribution is 9.10. The van der Waals surface area contributed by atoms with Crippen LogP contribution in [0.25, 0.3) is 10.6 Å². The van der Waals surface area contributed by atoms with Gasteiger partial charge in [-0.2, -0.15) is 0 Å². The largest absolute Gasteiger partial charge is 0.326 e. The van der Waals surface area contributed by atoms with Crippen LogP contribution in [-0.2, 0) is 4.79 Å². The first kappa shape index (κ1) is 23.2. The molecule has 0 saturated carbocycles. The summed E-state index contributed by atoms with van der Waals surface area (Å²) < 4.78 is 0.841. The number of urea groups is 1. The van der Waals surface area contributed by atoms with Crippen molar-refractivity contribution in [3.05, 3.63) is 58.0 Å². The van der Waals surface area contributed by atoms with Gasteiger partial charge in [-0.3, -0.25) is 10.1 Å². The number of aromatic nitrogens is 2. The molecule has 0 aliphatic heterocycles. The first-order valence-corrected chi connectivity index (χ1v) is 11.6. The quantitative estimate of drug-likeness (QED) is 0.366. The van der Waals surface area contributed by atoms with Crippen molar-refractivity contribution in [2.24, 2.45) is 5.92 Å². The van der Waals surface area contributed by atoms with E-state index < -0.39 is 12.1 Å². The van der Waals surface area contributed by atoms with E-state index >= 15 is 0 Å². The minimum atomic E-state index is -0.740. The number of carbonyl (C=O) groups is 2. The van der Waals surface area contributed by atoms with E-state index in [4.69, 9.17) is 11.6 Å². The van der Waals surface area contributed by atoms with E-state index in [0.717, 1.165) is 10.0 Å². The molecule has 0 fully saturated rings. The Balaban J connectivity index is 1.68. The zero-order valence-electron chi connectivity index (χ0n) is 16.9. The summed E-state index contributed by atoms with van der Waals surface area (Å²) >= 11 is 10.6. The Bertz CT molecular complexity index is 1080. The molecular formula is C21H21BrClN5O2S. The number of benzene rings is 2. The van der Waals surface area contributed by atoms with Crippen molar-refractivity contribution < 1.29 is 9.59 Å². The molecule has 0 bridgehead atoms. The van der Waals surface area contributed by atoms with Crippen LogP contribution in [0.2, 0.25) is 5.02 Å². The molecule has 3 amide bonds. The van der Waals surface area contributed by atoms with Gasteiger partial charge in [0.15, 0.2) is 0 Å². The van der Waals surface area contributed by atoms with E-state index in [9.17, 15) is 9.59 Å². The number of nitrogens with zero attached hydrogens (tertiary/aromatic N) is 2. The van der Waals surface area contributed by atoms with Crippen LogP contribution in [0.3, 0.4) is 0 Å². The average Bonchev–Trinajstić information content (AvgIpc) is 3.20. The lowest BCUT2D eigenvalue weighted by molar-refractivity contribution is -0.119. The minimum absolute atomic E-state index is 0.0893. The Morgan fingerprint density at radius 1 is 1.13 bits per heavy atom. The molecule has 7 nitrogen and oxygen atoms in total. The third-order valence-electron chi connectivity index (χ3n) is 4.59. The average molecular weight is 523 g/mol. The predicted molar refractivity (Wildman–Crippen MR) is 129 cm³/mol. The fourth-order valence-electron chi connectivity index (χ4n) is 2.77. The number of nitrogens with one attached hydrogen (secondary N) is 3. The second-order valence-electron chi connectivity index (χ2n) is 6.88. The highest BCUT2D eigenvalue weighted by Gasteiger charge is 2.27. The number of hydrogen-bond donors (Lipinski definition) is 3. The van der Waals surface area contributed by atoms with Crippen molar-refractivity contribution in [3.63, 3.8) is 0 Å². The zero-order chi connectivity index (χ0) is 22.4. The lowest BCUT2D eigenvalue weighted by atomic mass is 9.98. The van der Waals surface area contributed by atoms with Gasteiger partial charge in [0.25, 0.3) is 0 Å². The summed E-state index contributed by atoms with van der Waals surface area (Å²) in [4.78, 5) is 25.4. The Morgan fingerprint density at radius 3 is 2.61 bits per heavy atom. The summed E-state index contributed by atoms with van der Waals surface area (Å²) in [6, 6.07) is 13.3. The molecule has 1 heterocycles. The van der Waals surface area contributed by atoms with E-state index in [-0.39, 0.29) is 11.8 Å². The lowest BCUT2D eigenvalue weighted by Crippen LogP contribution is -2.49. The molecule has 0 saturated heterocycles. The lowest BCUT2D eigenvalue weighted by Gasteiger charge is -2.23. The normalized spacial score (nSPS) is 12.6. The minimum Gasteiger partial charge on any atom is -0.326 e. The monoisotopic (exact) mass is 521 g/mol. The van der Waals surface area contributed by atoms with Gasteiger partial charge in [0.05, 0.1) is 0 Å². The Hall–Kier alpha value is -2.49. The van der Waals surface area contributed by atoms with Gasteiger partial charge in [-0.25, -0.2) is 4.79 Å². The summed E-state index contributed by atoms with van der Waals surface area (Å²) in [5.41, 5.74) is 1.43. The molecule has 0 spiro atoms. The smallest absolute Gasteiger partial charge is 0.319 e. The number of carbonyl (C=O) groups excluding carboxylic acids is 2. The third-order valence-corrected chi connectivity index (χ3v) is 6.21. The molecule has 3 rings (SSSR count). The van der Waals surface area contributed by atoms with Crippen LogP contribution in [0.15, 0.2) is 53.0 Å². The van der Waals surface area contributed by atoms with Gasteiger partial charge >= 0.3 is 6.03 Å². The maximum absolute atomic E-state index is 12.9. The summed E-state index contributed by atoms with van der Waals surface area (Å²) in [5, 5.41) is 18.0.